The Hall–Kier alpha value is -3.15. The number of nitrogens with zero attached hydrogens (tertiary/aromatic N) is 2. The van der Waals surface area contributed by atoms with Gasteiger partial charge in [0, 0.05) is 37.4 Å². The monoisotopic (exact) mass is 490 g/mol. The fourth-order valence-corrected chi connectivity index (χ4v) is 5.25. The number of hydrogen-bond acceptors (Lipinski definition) is 7. The van der Waals surface area contributed by atoms with Crippen molar-refractivity contribution in [1.29, 1.82) is 0 Å². The average Bonchev–Trinajstić information content (AvgIpc) is 2.83. The molecule has 11 heteroatoms. The van der Waals surface area contributed by atoms with Crippen LogP contribution in [0.2, 0.25) is 0 Å². The lowest BCUT2D eigenvalue weighted by atomic mass is 10.2. The number of methoxy groups -OCH3 is 1. The van der Waals surface area contributed by atoms with E-state index in [1.54, 1.807) is 55.3 Å². The van der Waals surface area contributed by atoms with Crippen molar-refractivity contribution in [2.75, 3.05) is 56.7 Å². The van der Waals surface area contributed by atoms with Gasteiger partial charge in [-0.25, -0.2) is 8.42 Å². The molecule has 10 nitrogen and oxygen atoms in total. The lowest BCUT2D eigenvalue weighted by Crippen LogP contribution is -2.40. The molecule has 0 unspecified atom stereocenters. The molecule has 0 bridgehead atoms. The van der Waals surface area contributed by atoms with E-state index in [4.69, 9.17) is 15.2 Å². The minimum atomic E-state index is -3.71. The van der Waals surface area contributed by atoms with Crippen molar-refractivity contribution in [3.8, 4) is 5.75 Å². The molecule has 1 aliphatic heterocycles. The molecule has 34 heavy (non-hydrogen) atoms. The fourth-order valence-electron chi connectivity index (χ4n) is 3.59. The second kappa shape index (κ2) is 11.3. The number of aryl methyl sites for hydroxylation is 1. The van der Waals surface area contributed by atoms with E-state index >= 15 is 0 Å². The van der Waals surface area contributed by atoms with Crippen LogP contribution < -0.4 is 20.7 Å². The van der Waals surface area contributed by atoms with Gasteiger partial charge in [0.25, 0.3) is 0 Å². The molecule has 0 saturated carbocycles. The molecule has 0 spiro atoms. The van der Waals surface area contributed by atoms with E-state index in [0.717, 1.165) is 5.69 Å². The summed E-state index contributed by atoms with van der Waals surface area (Å²) in [7, 11) is -2.16. The summed E-state index contributed by atoms with van der Waals surface area (Å²) < 4.78 is 38.0. The first-order chi connectivity index (χ1) is 16.2. The van der Waals surface area contributed by atoms with Crippen molar-refractivity contribution in [2.24, 2.45) is 5.73 Å². The van der Waals surface area contributed by atoms with Gasteiger partial charge in [0.05, 0.1) is 31.8 Å². The Labute approximate surface area is 199 Å². The normalized spacial score (nSPS) is 14.4. The fraction of sp³-hybridized carbons (Fsp3) is 0.391. The van der Waals surface area contributed by atoms with Crippen molar-refractivity contribution >= 4 is 33.2 Å². The van der Waals surface area contributed by atoms with Crippen LogP contribution in [0.4, 0.5) is 11.4 Å². The summed E-state index contributed by atoms with van der Waals surface area (Å²) in [6.07, 6.45) is 0.0752. The molecule has 184 valence electrons. The molecular weight excluding hydrogens is 460 g/mol. The van der Waals surface area contributed by atoms with Crippen molar-refractivity contribution in [3.63, 3.8) is 0 Å². The predicted octanol–water partition coefficient (Wildman–Crippen LogP) is 1.35. The Bertz CT molecular complexity index is 1110. The van der Waals surface area contributed by atoms with Crippen molar-refractivity contribution < 1.29 is 27.5 Å². The van der Waals surface area contributed by atoms with Crippen LogP contribution in [0.5, 0.6) is 5.75 Å². The molecule has 1 saturated heterocycles. The minimum Gasteiger partial charge on any atom is -0.497 e. The van der Waals surface area contributed by atoms with E-state index in [9.17, 15) is 18.0 Å². The first-order valence-corrected chi connectivity index (χ1v) is 12.3. The maximum Gasteiger partial charge on any atom is 0.243 e. The number of rotatable bonds is 10. The molecule has 2 amide bonds. The highest BCUT2D eigenvalue weighted by Gasteiger charge is 2.28. The third-order valence-corrected chi connectivity index (χ3v) is 7.50. The maximum atomic E-state index is 13.1. The summed E-state index contributed by atoms with van der Waals surface area (Å²) in [4.78, 5) is 26.0. The number of hydrogen-bond donors (Lipinski definition) is 2. The standard InChI is InChI=1S/C23H30N4O6S/c1-17-3-4-18(15-21(17)34(30,31)27-11-13-33-14-12-27)25-23(29)16-26(10-9-22(24)28)19-5-7-20(32-2)8-6-19/h3-8,15H,9-14,16H2,1-2H3,(H2,24,28)(H,25,29). The summed E-state index contributed by atoms with van der Waals surface area (Å²) >= 11 is 0. The Kier molecular flexibility index (Phi) is 8.48. The lowest BCUT2D eigenvalue weighted by Gasteiger charge is -2.27. The number of benzene rings is 2. The molecule has 0 radical (unpaired) electrons. The van der Waals surface area contributed by atoms with Gasteiger partial charge in [0.15, 0.2) is 0 Å². The van der Waals surface area contributed by atoms with E-state index in [1.807, 2.05) is 0 Å². The average molecular weight is 491 g/mol. The van der Waals surface area contributed by atoms with Gasteiger partial charge in [-0.3, -0.25) is 9.59 Å². The number of carbonyl (C=O) groups excluding carboxylic acids is 2. The Morgan fingerprint density at radius 3 is 2.44 bits per heavy atom. The number of carbonyl (C=O) groups is 2. The van der Waals surface area contributed by atoms with Crippen LogP contribution in [0.1, 0.15) is 12.0 Å². The molecule has 2 aromatic carbocycles. The molecule has 1 aliphatic rings. The first-order valence-electron chi connectivity index (χ1n) is 10.9. The number of primary amides is 1. The lowest BCUT2D eigenvalue weighted by molar-refractivity contribution is -0.118. The third-order valence-electron chi connectivity index (χ3n) is 5.46. The zero-order valence-corrected chi connectivity index (χ0v) is 20.1. The largest absolute Gasteiger partial charge is 0.497 e. The van der Waals surface area contributed by atoms with Gasteiger partial charge in [0.2, 0.25) is 21.8 Å². The van der Waals surface area contributed by atoms with Crippen LogP contribution in [-0.2, 0) is 24.3 Å². The van der Waals surface area contributed by atoms with Crippen LogP contribution in [0.3, 0.4) is 0 Å². The molecule has 0 atom stereocenters. The van der Waals surface area contributed by atoms with Crippen molar-refractivity contribution in [2.45, 2.75) is 18.2 Å². The summed E-state index contributed by atoms with van der Waals surface area (Å²) in [5, 5.41) is 2.77. The molecule has 2 aromatic rings. The maximum absolute atomic E-state index is 13.1. The van der Waals surface area contributed by atoms with Gasteiger partial charge in [-0.05, 0) is 48.9 Å². The van der Waals surface area contributed by atoms with E-state index in [2.05, 4.69) is 5.32 Å². The van der Waals surface area contributed by atoms with Gasteiger partial charge in [0.1, 0.15) is 5.75 Å². The number of morpholine rings is 1. The van der Waals surface area contributed by atoms with Gasteiger partial charge in [-0.15, -0.1) is 0 Å². The number of sulfonamides is 1. The van der Waals surface area contributed by atoms with Crippen molar-refractivity contribution in [3.05, 3.63) is 48.0 Å². The summed E-state index contributed by atoms with van der Waals surface area (Å²) in [5.41, 5.74) is 6.97. The highest BCUT2D eigenvalue weighted by molar-refractivity contribution is 7.89. The Morgan fingerprint density at radius 1 is 1.15 bits per heavy atom. The van der Waals surface area contributed by atoms with Crippen LogP contribution in [-0.4, -0.2) is 71.0 Å². The molecular formula is C23H30N4O6S. The Morgan fingerprint density at radius 2 is 1.82 bits per heavy atom. The van der Waals surface area contributed by atoms with E-state index in [1.165, 1.54) is 10.4 Å². The van der Waals surface area contributed by atoms with Gasteiger partial charge in [-0.2, -0.15) is 4.31 Å². The highest BCUT2D eigenvalue weighted by Crippen LogP contribution is 2.25. The topological polar surface area (TPSA) is 131 Å². The van der Waals surface area contributed by atoms with Crippen LogP contribution in [0.25, 0.3) is 0 Å². The molecule has 1 heterocycles. The number of nitrogens with two attached hydrogens (primary N) is 1. The number of nitrogens with one attached hydrogen (secondary N) is 1. The highest BCUT2D eigenvalue weighted by atomic mass is 32.2. The smallest absolute Gasteiger partial charge is 0.243 e. The Balaban J connectivity index is 1.76. The summed E-state index contributed by atoms with van der Waals surface area (Å²) in [6.45, 7) is 3.18. The molecule has 1 fully saturated rings. The first kappa shape index (κ1) is 25.5. The van der Waals surface area contributed by atoms with Crippen LogP contribution >= 0.6 is 0 Å². The summed E-state index contributed by atoms with van der Waals surface area (Å²) in [6, 6.07) is 11.9. The minimum absolute atomic E-state index is 0.0565. The molecule has 0 aromatic heterocycles. The molecule has 3 N–H and O–H groups in total. The van der Waals surface area contributed by atoms with Gasteiger partial charge in [-0.1, -0.05) is 6.07 Å². The number of anilines is 2. The molecule has 0 aliphatic carbocycles. The van der Waals surface area contributed by atoms with Gasteiger partial charge < -0.3 is 25.4 Å². The predicted molar refractivity (Wildman–Crippen MR) is 128 cm³/mol. The SMILES string of the molecule is COc1ccc(N(CCC(N)=O)CC(=O)Nc2ccc(C)c(S(=O)(=O)N3CCOCC3)c2)cc1. The summed E-state index contributed by atoms with van der Waals surface area (Å²) in [5.74, 6) is -0.175. The quantitative estimate of drug-likeness (QED) is 0.514. The van der Waals surface area contributed by atoms with Crippen molar-refractivity contribution in [1.82, 2.24) is 4.31 Å². The third kappa shape index (κ3) is 6.46. The zero-order valence-electron chi connectivity index (χ0n) is 19.3. The van der Waals surface area contributed by atoms with Gasteiger partial charge >= 0.3 is 0 Å². The second-order valence-electron chi connectivity index (χ2n) is 7.88. The van der Waals surface area contributed by atoms with Crippen LogP contribution in [0, 0.1) is 6.92 Å². The van der Waals surface area contributed by atoms with E-state index in [0.29, 0.717) is 30.2 Å². The zero-order chi connectivity index (χ0) is 24.7. The van der Waals surface area contributed by atoms with Crippen LogP contribution in [0.15, 0.2) is 47.4 Å². The van der Waals surface area contributed by atoms with E-state index in [-0.39, 0.29) is 43.4 Å². The molecule has 3 rings (SSSR count). The second-order valence-corrected chi connectivity index (χ2v) is 9.79. The van der Waals surface area contributed by atoms with E-state index < -0.39 is 15.9 Å². The number of ether oxygens (including phenoxy) is 2. The number of amides is 2.